The first kappa shape index (κ1) is 14.8. The number of fused-ring (bicyclic) bond motifs is 1. The molecule has 0 atom stereocenters. The van der Waals surface area contributed by atoms with Crippen LogP contribution in [0.15, 0.2) is 49.1 Å². The van der Waals surface area contributed by atoms with Crippen LogP contribution in [0.4, 0.5) is 10.2 Å². The van der Waals surface area contributed by atoms with Crippen molar-refractivity contribution in [2.45, 2.75) is 13.5 Å². The summed E-state index contributed by atoms with van der Waals surface area (Å²) in [5, 5.41) is 4.33. The Labute approximate surface area is 141 Å². The summed E-state index contributed by atoms with van der Waals surface area (Å²) in [5.41, 5.74) is 0.985. The van der Waals surface area contributed by atoms with Crippen LogP contribution in [0, 0.1) is 12.7 Å². The van der Waals surface area contributed by atoms with Gasteiger partial charge in [-0.3, -0.25) is 4.57 Å². The molecule has 0 spiro atoms. The largest absolute Gasteiger partial charge is 0.365 e. The second-order valence-electron chi connectivity index (χ2n) is 5.40. The van der Waals surface area contributed by atoms with E-state index in [4.69, 9.17) is 0 Å². The molecule has 1 aromatic carbocycles. The molecule has 0 aliphatic rings. The highest BCUT2D eigenvalue weighted by Crippen LogP contribution is 2.29. The second-order valence-corrected chi connectivity index (χ2v) is 6.63. The van der Waals surface area contributed by atoms with Crippen LogP contribution in [0.1, 0.15) is 10.4 Å². The number of halogens is 1. The smallest absolute Gasteiger partial charge is 0.238 e. The molecular weight excluding hydrogens is 325 g/mol. The molecule has 3 aromatic heterocycles. The number of nitrogens with one attached hydrogen (secondary N) is 1. The minimum absolute atomic E-state index is 0.237. The molecule has 5 nitrogen and oxygen atoms in total. The molecule has 4 rings (SSSR count). The Morgan fingerprint density at radius 3 is 2.79 bits per heavy atom. The van der Waals surface area contributed by atoms with Gasteiger partial charge in [0.2, 0.25) is 5.95 Å². The molecule has 4 aromatic rings. The van der Waals surface area contributed by atoms with E-state index in [1.165, 1.54) is 17.0 Å². The van der Waals surface area contributed by atoms with Crippen LogP contribution >= 0.6 is 11.3 Å². The molecule has 24 heavy (non-hydrogen) atoms. The van der Waals surface area contributed by atoms with Gasteiger partial charge >= 0.3 is 0 Å². The van der Waals surface area contributed by atoms with E-state index in [1.807, 2.05) is 13.1 Å². The molecule has 1 N–H and O–H groups in total. The number of nitrogens with zero attached hydrogens (tertiary/aromatic N) is 4. The fraction of sp³-hybridized carbons (Fsp3) is 0.118. The highest BCUT2D eigenvalue weighted by Gasteiger charge is 2.11. The zero-order chi connectivity index (χ0) is 16.5. The average Bonchev–Trinajstić information content (AvgIpc) is 3.22. The minimum Gasteiger partial charge on any atom is -0.365 e. The maximum Gasteiger partial charge on any atom is 0.238 e. The number of aromatic nitrogens is 4. The Hall–Kier alpha value is -2.80. The van der Waals surface area contributed by atoms with E-state index in [9.17, 15) is 4.39 Å². The van der Waals surface area contributed by atoms with Gasteiger partial charge in [0.25, 0.3) is 0 Å². The molecule has 0 fully saturated rings. The summed E-state index contributed by atoms with van der Waals surface area (Å²) in [5.74, 6) is 1.10. The van der Waals surface area contributed by atoms with Gasteiger partial charge in [-0.25, -0.2) is 14.4 Å². The third kappa shape index (κ3) is 2.85. The number of rotatable bonds is 4. The number of benzene rings is 1. The first-order valence-electron chi connectivity index (χ1n) is 7.44. The van der Waals surface area contributed by atoms with Crippen LogP contribution in [-0.2, 0) is 6.54 Å². The van der Waals surface area contributed by atoms with E-state index in [1.54, 1.807) is 40.6 Å². The lowest BCUT2D eigenvalue weighted by Crippen LogP contribution is -2.06. The van der Waals surface area contributed by atoms with Crippen molar-refractivity contribution in [3.8, 4) is 5.95 Å². The predicted molar refractivity (Wildman–Crippen MR) is 93.0 cm³/mol. The zero-order valence-corrected chi connectivity index (χ0v) is 13.7. The van der Waals surface area contributed by atoms with Crippen LogP contribution in [-0.4, -0.2) is 19.5 Å². The van der Waals surface area contributed by atoms with Gasteiger partial charge in [-0.15, -0.1) is 11.3 Å². The van der Waals surface area contributed by atoms with Crippen molar-refractivity contribution in [1.82, 2.24) is 19.5 Å². The Morgan fingerprint density at radius 1 is 1.21 bits per heavy atom. The van der Waals surface area contributed by atoms with Crippen molar-refractivity contribution in [3.05, 3.63) is 65.3 Å². The third-order valence-electron chi connectivity index (χ3n) is 3.61. The van der Waals surface area contributed by atoms with Crippen molar-refractivity contribution in [3.63, 3.8) is 0 Å². The summed E-state index contributed by atoms with van der Waals surface area (Å²) >= 11 is 1.63. The third-order valence-corrected chi connectivity index (χ3v) is 4.56. The Bertz CT molecular complexity index is 976. The topological polar surface area (TPSA) is 55.6 Å². The number of imidazole rings is 1. The maximum absolute atomic E-state index is 13.0. The van der Waals surface area contributed by atoms with Gasteiger partial charge in [0.15, 0.2) is 0 Å². The predicted octanol–water partition coefficient (Wildman–Crippen LogP) is 3.94. The minimum atomic E-state index is -0.237. The normalized spacial score (nSPS) is 11.1. The van der Waals surface area contributed by atoms with Gasteiger partial charge in [-0.2, -0.15) is 4.98 Å². The molecule has 7 heteroatoms. The summed E-state index contributed by atoms with van der Waals surface area (Å²) in [6, 6.07) is 8.51. The van der Waals surface area contributed by atoms with Crippen molar-refractivity contribution in [1.29, 1.82) is 0 Å². The van der Waals surface area contributed by atoms with E-state index >= 15 is 0 Å². The number of thiophene rings is 1. The van der Waals surface area contributed by atoms with Crippen LogP contribution in [0.3, 0.4) is 0 Å². The highest BCUT2D eigenvalue weighted by molar-refractivity contribution is 7.18. The number of anilines is 1. The molecule has 0 saturated carbocycles. The van der Waals surface area contributed by atoms with Gasteiger partial charge in [0.1, 0.15) is 22.8 Å². The molecule has 0 aliphatic heterocycles. The van der Waals surface area contributed by atoms with Gasteiger partial charge in [0, 0.05) is 23.8 Å². The highest BCUT2D eigenvalue weighted by atomic mass is 32.1. The lowest BCUT2D eigenvalue weighted by Gasteiger charge is -2.09. The van der Waals surface area contributed by atoms with E-state index < -0.39 is 0 Å². The average molecular weight is 339 g/mol. The molecule has 3 heterocycles. The number of hydrogen-bond donors (Lipinski definition) is 1. The molecule has 0 radical (unpaired) electrons. The second kappa shape index (κ2) is 6.01. The lowest BCUT2D eigenvalue weighted by molar-refractivity contribution is 0.627. The van der Waals surface area contributed by atoms with E-state index in [0.29, 0.717) is 12.5 Å². The quantitative estimate of drug-likeness (QED) is 0.612. The standard InChI is InChI=1S/C17H14FN5S/c1-11-8-14-15(20-9-12-2-4-13(18)5-3-12)21-17(22-16(14)24-11)23-7-6-19-10-23/h2-8,10H,9H2,1H3,(H,20,21,22). The fourth-order valence-corrected chi connectivity index (χ4v) is 3.32. The number of aryl methyl sites for hydroxylation is 1. The summed E-state index contributed by atoms with van der Waals surface area (Å²) < 4.78 is 14.8. The Kier molecular flexibility index (Phi) is 3.70. The molecule has 0 saturated heterocycles. The summed E-state index contributed by atoms with van der Waals surface area (Å²) in [6.45, 7) is 2.61. The van der Waals surface area contributed by atoms with Crippen molar-refractivity contribution >= 4 is 27.4 Å². The van der Waals surface area contributed by atoms with Gasteiger partial charge in [-0.05, 0) is 30.7 Å². The SMILES string of the molecule is Cc1cc2c(NCc3ccc(F)cc3)nc(-n3ccnc3)nc2s1. The lowest BCUT2D eigenvalue weighted by atomic mass is 10.2. The van der Waals surface area contributed by atoms with E-state index in [2.05, 4.69) is 26.3 Å². The molecule has 0 bridgehead atoms. The summed E-state index contributed by atoms with van der Waals surface area (Å²) in [7, 11) is 0. The first-order chi connectivity index (χ1) is 11.7. The van der Waals surface area contributed by atoms with Crippen LogP contribution in [0.25, 0.3) is 16.2 Å². The molecule has 0 unspecified atom stereocenters. The molecule has 120 valence electrons. The van der Waals surface area contributed by atoms with Crippen LogP contribution in [0.2, 0.25) is 0 Å². The Morgan fingerprint density at radius 2 is 2.04 bits per heavy atom. The summed E-state index contributed by atoms with van der Waals surface area (Å²) in [6.07, 6.45) is 5.18. The van der Waals surface area contributed by atoms with Crippen molar-refractivity contribution in [2.24, 2.45) is 0 Å². The van der Waals surface area contributed by atoms with Gasteiger partial charge < -0.3 is 5.32 Å². The molecule has 0 aliphatic carbocycles. The molecular formula is C17H14FN5S. The van der Waals surface area contributed by atoms with Gasteiger partial charge in [0.05, 0.1) is 5.39 Å². The van der Waals surface area contributed by atoms with Gasteiger partial charge in [-0.1, -0.05) is 12.1 Å². The first-order valence-corrected chi connectivity index (χ1v) is 8.25. The van der Waals surface area contributed by atoms with Crippen LogP contribution < -0.4 is 5.32 Å². The zero-order valence-electron chi connectivity index (χ0n) is 12.9. The maximum atomic E-state index is 13.0. The monoisotopic (exact) mass is 339 g/mol. The Balaban J connectivity index is 1.71. The van der Waals surface area contributed by atoms with Crippen molar-refractivity contribution in [2.75, 3.05) is 5.32 Å². The summed E-state index contributed by atoms with van der Waals surface area (Å²) in [4.78, 5) is 15.4. The van der Waals surface area contributed by atoms with Crippen LogP contribution in [0.5, 0.6) is 0 Å². The van der Waals surface area contributed by atoms with E-state index in [-0.39, 0.29) is 5.82 Å². The van der Waals surface area contributed by atoms with E-state index in [0.717, 1.165) is 21.6 Å². The number of hydrogen-bond acceptors (Lipinski definition) is 5. The fourth-order valence-electron chi connectivity index (χ4n) is 2.45. The van der Waals surface area contributed by atoms with Crippen molar-refractivity contribution < 1.29 is 4.39 Å². The molecule has 0 amide bonds.